The molecular formula is C23H25N7O2. The highest BCUT2D eigenvalue weighted by atomic mass is 16.3. The van der Waals surface area contributed by atoms with Gasteiger partial charge < -0.3 is 10.4 Å². The number of carbonyl (C=O) groups is 1. The number of carbonyl (C=O) groups excluding carboxylic acids is 1. The first kappa shape index (κ1) is 20.3. The molecule has 32 heavy (non-hydrogen) atoms. The molecule has 9 heteroatoms. The number of aromatic nitrogens is 5. The molecule has 0 saturated carbocycles. The number of nitrogens with zero attached hydrogens (tertiary/aromatic N) is 6. The normalized spacial score (nSPS) is 14.9. The van der Waals surface area contributed by atoms with Crippen LogP contribution in [0.4, 0.5) is 0 Å². The third-order valence-corrected chi connectivity index (χ3v) is 5.73. The molecular weight excluding hydrogens is 406 g/mol. The summed E-state index contributed by atoms with van der Waals surface area (Å²) in [4.78, 5) is 19.4. The van der Waals surface area contributed by atoms with Crippen molar-refractivity contribution in [2.24, 2.45) is 7.05 Å². The van der Waals surface area contributed by atoms with Gasteiger partial charge in [-0.3, -0.25) is 14.4 Å². The number of hydrogen-bond acceptors (Lipinski definition) is 6. The van der Waals surface area contributed by atoms with Gasteiger partial charge in [0.05, 0.1) is 18.0 Å². The van der Waals surface area contributed by atoms with Crippen LogP contribution >= 0.6 is 0 Å². The topological polar surface area (TPSA) is 101 Å². The van der Waals surface area contributed by atoms with Crippen LogP contribution in [-0.2, 0) is 20.0 Å². The summed E-state index contributed by atoms with van der Waals surface area (Å²) in [5, 5.41) is 21.7. The maximum Gasteiger partial charge on any atom is 0.271 e. The van der Waals surface area contributed by atoms with Crippen LogP contribution in [0.5, 0.6) is 0 Å². The lowest BCUT2D eigenvalue weighted by atomic mass is 10.00. The lowest BCUT2D eigenvalue weighted by Crippen LogP contribution is -2.42. The van der Waals surface area contributed by atoms with E-state index in [1.165, 1.54) is 11.1 Å². The fourth-order valence-electron chi connectivity index (χ4n) is 4.08. The van der Waals surface area contributed by atoms with Crippen LogP contribution < -0.4 is 5.32 Å². The molecule has 1 amide bonds. The third-order valence-electron chi connectivity index (χ3n) is 5.73. The predicted molar refractivity (Wildman–Crippen MR) is 119 cm³/mol. The van der Waals surface area contributed by atoms with Crippen molar-refractivity contribution >= 4 is 11.6 Å². The van der Waals surface area contributed by atoms with Gasteiger partial charge in [-0.1, -0.05) is 24.3 Å². The van der Waals surface area contributed by atoms with E-state index >= 15 is 0 Å². The molecule has 1 aliphatic heterocycles. The molecule has 0 spiro atoms. The zero-order chi connectivity index (χ0) is 22.1. The quantitative estimate of drug-likeness (QED) is 0.477. The summed E-state index contributed by atoms with van der Waals surface area (Å²) >= 11 is 0. The molecule has 1 aromatic carbocycles. The highest BCUT2D eigenvalue weighted by Crippen LogP contribution is 2.19. The van der Waals surface area contributed by atoms with E-state index in [4.69, 9.17) is 0 Å². The molecule has 0 saturated heterocycles. The fourth-order valence-corrected chi connectivity index (χ4v) is 4.08. The molecule has 0 radical (unpaired) electrons. The van der Waals surface area contributed by atoms with Crippen LogP contribution in [-0.4, -0.2) is 66.0 Å². The minimum atomic E-state index is -0.656. The van der Waals surface area contributed by atoms with E-state index in [1.54, 1.807) is 27.7 Å². The molecule has 0 bridgehead atoms. The van der Waals surface area contributed by atoms with Gasteiger partial charge in [0.1, 0.15) is 0 Å². The number of aryl methyl sites for hydroxylation is 1. The van der Waals surface area contributed by atoms with Gasteiger partial charge in [0.15, 0.2) is 11.3 Å². The standard InChI is InChI=1S/C23H25N7O2/c1-28-13-18(11-25-28)20-7-9-30-22(26-20)10-21(27-30)23(32)24-12-19(31)15-29-8-6-16-4-2-3-5-17(16)14-29/h2-5,7,9-11,13,19,31H,6,8,12,14-15H2,1H3,(H,24,32). The van der Waals surface area contributed by atoms with E-state index in [0.717, 1.165) is 30.8 Å². The van der Waals surface area contributed by atoms with Gasteiger partial charge in [0.2, 0.25) is 0 Å². The van der Waals surface area contributed by atoms with E-state index in [0.29, 0.717) is 12.2 Å². The summed E-state index contributed by atoms with van der Waals surface area (Å²) in [6.45, 7) is 2.40. The molecule has 9 nitrogen and oxygen atoms in total. The van der Waals surface area contributed by atoms with Gasteiger partial charge in [-0.25, -0.2) is 9.50 Å². The summed E-state index contributed by atoms with van der Waals surface area (Å²) in [5.41, 5.74) is 5.17. The van der Waals surface area contributed by atoms with Gasteiger partial charge in [0, 0.05) is 57.3 Å². The zero-order valence-corrected chi connectivity index (χ0v) is 17.8. The Morgan fingerprint density at radius 1 is 1.25 bits per heavy atom. The van der Waals surface area contributed by atoms with Crippen LogP contribution in [0.15, 0.2) is 55.0 Å². The van der Waals surface area contributed by atoms with Crippen LogP contribution in [0.25, 0.3) is 16.9 Å². The number of aliphatic hydroxyl groups is 1. The SMILES string of the molecule is Cn1cc(-c2ccn3nc(C(=O)NCC(O)CN4CCc5ccccc5C4)cc3n2)cn1. The van der Waals surface area contributed by atoms with Crippen molar-refractivity contribution in [1.29, 1.82) is 0 Å². The Balaban J connectivity index is 1.18. The fraction of sp³-hybridized carbons (Fsp3) is 0.304. The van der Waals surface area contributed by atoms with E-state index in [2.05, 4.69) is 43.6 Å². The molecule has 164 valence electrons. The van der Waals surface area contributed by atoms with Gasteiger partial charge in [-0.2, -0.15) is 10.2 Å². The number of amides is 1. The minimum Gasteiger partial charge on any atom is -0.390 e. The second-order valence-electron chi connectivity index (χ2n) is 8.17. The Morgan fingerprint density at radius 3 is 2.91 bits per heavy atom. The average molecular weight is 432 g/mol. The molecule has 1 unspecified atom stereocenters. The van der Waals surface area contributed by atoms with Crippen molar-refractivity contribution in [2.75, 3.05) is 19.6 Å². The Morgan fingerprint density at radius 2 is 2.09 bits per heavy atom. The third kappa shape index (κ3) is 4.25. The predicted octanol–water partition coefficient (Wildman–Crippen LogP) is 1.28. The van der Waals surface area contributed by atoms with Crippen molar-refractivity contribution in [2.45, 2.75) is 19.1 Å². The number of aliphatic hydroxyl groups excluding tert-OH is 1. The first-order valence-electron chi connectivity index (χ1n) is 10.7. The van der Waals surface area contributed by atoms with E-state index in [9.17, 15) is 9.90 Å². The van der Waals surface area contributed by atoms with E-state index in [1.807, 2.05) is 25.4 Å². The maximum atomic E-state index is 12.6. The lowest BCUT2D eigenvalue weighted by molar-refractivity contribution is 0.0838. The summed E-state index contributed by atoms with van der Waals surface area (Å²) in [6, 6.07) is 11.9. The van der Waals surface area contributed by atoms with Gasteiger partial charge in [-0.15, -0.1) is 0 Å². The molecule has 0 aliphatic carbocycles. The van der Waals surface area contributed by atoms with Gasteiger partial charge >= 0.3 is 0 Å². The summed E-state index contributed by atoms with van der Waals surface area (Å²) in [7, 11) is 1.85. The second kappa shape index (κ2) is 8.52. The number of hydrogen-bond donors (Lipinski definition) is 2. The number of rotatable bonds is 6. The van der Waals surface area contributed by atoms with Crippen molar-refractivity contribution < 1.29 is 9.90 Å². The Bertz CT molecular complexity index is 1260. The van der Waals surface area contributed by atoms with Crippen LogP contribution in [0.2, 0.25) is 0 Å². The van der Waals surface area contributed by atoms with Crippen molar-refractivity contribution in [3.8, 4) is 11.3 Å². The van der Waals surface area contributed by atoms with Crippen LogP contribution in [0.1, 0.15) is 21.6 Å². The first-order chi connectivity index (χ1) is 15.5. The Labute approximate surface area is 185 Å². The first-order valence-corrected chi connectivity index (χ1v) is 10.7. The van der Waals surface area contributed by atoms with Crippen LogP contribution in [0, 0.1) is 0 Å². The van der Waals surface area contributed by atoms with Gasteiger partial charge in [0.25, 0.3) is 5.91 Å². The Kier molecular flexibility index (Phi) is 5.42. The zero-order valence-electron chi connectivity index (χ0n) is 17.8. The second-order valence-corrected chi connectivity index (χ2v) is 8.17. The minimum absolute atomic E-state index is 0.166. The molecule has 5 rings (SSSR count). The van der Waals surface area contributed by atoms with E-state index < -0.39 is 6.10 Å². The molecule has 2 N–H and O–H groups in total. The molecule has 3 aromatic heterocycles. The number of nitrogens with one attached hydrogen (secondary N) is 1. The van der Waals surface area contributed by atoms with Crippen molar-refractivity contribution in [3.05, 3.63) is 71.8 Å². The summed E-state index contributed by atoms with van der Waals surface area (Å²) < 4.78 is 3.28. The highest BCUT2D eigenvalue weighted by molar-refractivity contribution is 5.93. The average Bonchev–Trinajstić information content (AvgIpc) is 3.43. The number of fused-ring (bicyclic) bond motifs is 2. The molecule has 4 heterocycles. The Hall–Kier alpha value is -3.56. The largest absolute Gasteiger partial charge is 0.390 e. The molecule has 4 aromatic rings. The number of benzene rings is 1. The molecule has 0 fully saturated rings. The van der Waals surface area contributed by atoms with Gasteiger partial charge in [-0.05, 0) is 23.6 Å². The molecule has 1 atom stereocenters. The summed E-state index contributed by atoms with van der Waals surface area (Å²) in [6.07, 6.45) is 5.71. The van der Waals surface area contributed by atoms with Crippen LogP contribution in [0.3, 0.4) is 0 Å². The van der Waals surface area contributed by atoms with E-state index in [-0.39, 0.29) is 18.1 Å². The lowest BCUT2D eigenvalue weighted by Gasteiger charge is -2.30. The monoisotopic (exact) mass is 431 g/mol. The highest BCUT2D eigenvalue weighted by Gasteiger charge is 2.19. The van der Waals surface area contributed by atoms with Crippen molar-refractivity contribution in [3.63, 3.8) is 0 Å². The molecule has 1 aliphatic rings. The number of β-amino-alcohol motifs (C(OH)–C–C–N with tert-alkyl or cyclic N) is 1. The van der Waals surface area contributed by atoms with Crippen molar-refractivity contribution in [1.82, 2.24) is 34.6 Å². The summed E-state index contributed by atoms with van der Waals surface area (Å²) in [5.74, 6) is -0.332. The maximum absolute atomic E-state index is 12.6. The smallest absolute Gasteiger partial charge is 0.271 e.